The zero-order valence-electron chi connectivity index (χ0n) is 12.6. The average molecular weight is 388 g/mol. The van der Waals surface area contributed by atoms with Crippen LogP contribution >= 0.6 is 15.9 Å². The molecule has 0 amide bonds. The van der Waals surface area contributed by atoms with Crippen LogP contribution < -0.4 is 0 Å². The topological polar surface area (TPSA) is 74.2 Å². The maximum absolute atomic E-state index is 13.6. The number of phenolic OH excluding ortho intramolecular Hbond substituents is 1. The van der Waals surface area contributed by atoms with Gasteiger partial charge in [0.25, 0.3) is 0 Å². The second-order valence-electron chi connectivity index (χ2n) is 5.19. The summed E-state index contributed by atoms with van der Waals surface area (Å²) >= 11 is 3.13. The standard InChI is InChI=1S/C18H11BrFNO3/c1-2-14-16(12-7-11(20)3-4-15(12)24-14)18(23)9-5-10(8-21)17(22)13(19)6-9/h3-7,22H,2H2,1H3. The molecule has 1 heterocycles. The fourth-order valence-electron chi connectivity index (χ4n) is 2.58. The van der Waals surface area contributed by atoms with E-state index in [1.165, 1.54) is 30.3 Å². The summed E-state index contributed by atoms with van der Waals surface area (Å²) in [7, 11) is 0. The Morgan fingerprint density at radius 1 is 1.38 bits per heavy atom. The second-order valence-corrected chi connectivity index (χ2v) is 6.04. The fourth-order valence-corrected chi connectivity index (χ4v) is 3.04. The van der Waals surface area contributed by atoms with Crippen molar-refractivity contribution in [2.75, 3.05) is 0 Å². The van der Waals surface area contributed by atoms with E-state index in [0.717, 1.165) is 0 Å². The maximum atomic E-state index is 13.6. The molecule has 0 aliphatic rings. The van der Waals surface area contributed by atoms with Crippen LogP contribution in [0.15, 0.2) is 39.2 Å². The van der Waals surface area contributed by atoms with E-state index >= 15 is 0 Å². The number of benzene rings is 2. The highest BCUT2D eigenvalue weighted by Gasteiger charge is 2.23. The molecule has 6 heteroatoms. The molecule has 24 heavy (non-hydrogen) atoms. The number of fused-ring (bicyclic) bond motifs is 1. The number of furan rings is 1. The lowest BCUT2D eigenvalue weighted by atomic mass is 9.98. The third kappa shape index (κ3) is 2.57. The summed E-state index contributed by atoms with van der Waals surface area (Å²) in [6, 6.07) is 8.57. The van der Waals surface area contributed by atoms with Crippen LogP contribution in [-0.2, 0) is 6.42 Å². The van der Waals surface area contributed by atoms with Gasteiger partial charge in [-0.25, -0.2) is 4.39 Å². The summed E-state index contributed by atoms with van der Waals surface area (Å²) in [4.78, 5) is 12.9. The van der Waals surface area contributed by atoms with Gasteiger partial charge < -0.3 is 9.52 Å². The van der Waals surface area contributed by atoms with Crippen LogP contribution in [0.3, 0.4) is 0 Å². The highest BCUT2D eigenvalue weighted by molar-refractivity contribution is 9.10. The van der Waals surface area contributed by atoms with Crippen molar-refractivity contribution < 1.29 is 18.7 Å². The van der Waals surface area contributed by atoms with E-state index in [2.05, 4.69) is 15.9 Å². The van der Waals surface area contributed by atoms with E-state index in [-0.39, 0.29) is 26.9 Å². The molecule has 1 aromatic heterocycles. The van der Waals surface area contributed by atoms with Gasteiger partial charge in [-0.15, -0.1) is 0 Å². The van der Waals surface area contributed by atoms with E-state index in [1.54, 1.807) is 0 Å². The Hall–Kier alpha value is -2.65. The van der Waals surface area contributed by atoms with Crippen LogP contribution in [0.5, 0.6) is 5.75 Å². The van der Waals surface area contributed by atoms with Gasteiger partial charge in [-0.05, 0) is 46.3 Å². The van der Waals surface area contributed by atoms with Crippen molar-refractivity contribution in [3.05, 3.63) is 63.1 Å². The van der Waals surface area contributed by atoms with Gasteiger partial charge in [0.05, 0.1) is 15.6 Å². The number of aryl methyl sites for hydroxylation is 1. The number of phenols is 1. The minimum Gasteiger partial charge on any atom is -0.505 e. The molecule has 0 unspecified atom stereocenters. The largest absolute Gasteiger partial charge is 0.505 e. The summed E-state index contributed by atoms with van der Waals surface area (Å²) in [5, 5.41) is 19.3. The van der Waals surface area contributed by atoms with Crippen LogP contribution in [0.1, 0.15) is 34.2 Å². The summed E-state index contributed by atoms with van der Waals surface area (Å²) in [5.41, 5.74) is 0.881. The Morgan fingerprint density at radius 2 is 2.12 bits per heavy atom. The Bertz CT molecular complexity index is 1020. The van der Waals surface area contributed by atoms with Gasteiger partial charge in [0.1, 0.15) is 29.0 Å². The molecule has 4 nitrogen and oxygen atoms in total. The van der Waals surface area contributed by atoms with Crippen LogP contribution in [0.4, 0.5) is 4.39 Å². The third-order valence-electron chi connectivity index (χ3n) is 3.72. The molecule has 0 aliphatic carbocycles. The number of aromatic hydroxyl groups is 1. The fraction of sp³-hybridized carbons (Fsp3) is 0.111. The van der Waals surface area contributed by atoms with Crippen molar-refractivity contribution in [2.45, 2.75) is 13.3 Å². The van der Waals surface area contributed by atoms with Gasteiger partial charge in [-0.2, -0.15) is 5.26 Å². The van der Waals surface area contributed by atoms with Gasteiger partial charge in [0.15, 0.2) is 5.78 Å². The quantitative estimate of drug-likeness (QED) is 0.660. The van der Waals surface area contributed by atoms with Crippen molar-refractivity contribution in [3.8, 4) is 11.8 Å². The van der Waals surface area contributed by atoms with E-state index in [4.69, 9.17) is 9.68 Å². The molecule has 0 spiro atoms. The lowest BCUT2D eigenvalue weighted by molar-refractivity contribution is 0.103. The minimum atomic E-state index is -0.468. The van der Waals surface area contributed by atoms with Crippen molar-refractivity contribution in [3.63, 3.8) is 0 Å². The number of hydrogen-bond acceptors (Lipinski definition) is 4. The number of rotatable bonds is 3. The normalized spacial score (nSPS) is 10.8. The molecule has 2 aromatic carbocycles. The van der Waals surface area contributed by atoms with Crippen molar-refractivity contribution in [1.82, 2.24) is 0 Å². The zero-order valence-corrected chi connectivity index (χ0v) is 14.1. The molecule has 0 saturated heterocycles. The Kier molecular flexibility index (Phi) is 4.12. The average Bonchev–Trinajstić information content (AvgIpc) is 2.94. The first kappa shape index (κ1) is 16.2. The van der Waals surface area contributed by atoms with Crippen molar-refractivity contribution in [1.29, 1.82) is 5.26 Å². The van der Waals surface area contributed by atoms with Gasteiger partial charge >= 0.3 is 0 Å². The molecule has 3 aromatic rings. The first-order valence-corrected chi connectivity index (χ1v) is 7.93. The molecule has 0 fully saturated rings. The van der Waals surface area contributed by atoms with E-state index in [1.807, 2.05) is 13.0 Å². The number of ketones is 1. The second kappa shape index (κ2) is 6.10. The number of nitriles is 1. The van der Waals surface area contributed by atoms with Gasteiger partial charge in [0, 0.05) is 17.4 Å². The zero-order chi connectivity index (χ0) is 17.4. The van der Waals surface area contributed by atoms with Crippen molar-refractivity contribution >= 4 is 32.7 Å². The smallest absolute Gasteiger partial charge is 0.197 e. The number of halogens is 2. The van der Waals surface area contributed by atoms with E-state index in [0.29, 0.717) is 23.2 Å². The predicted molar refractivity (Wildman–Crippen MR) is 89.5 cm³/mol. The van der Waals surface area contributed by atoms with Crippen LogP contribution in [-0.4, -0.2) is 10.9 Å². The molecular formula is C18H11BrFNO3. The first-order chi connectivity index (χ1) is 11.5. The summed E-state index contributed by atoms with van der Waals surface area (Å²) in [5.74, 6) is -0.644. The number of carbonyl (C=O) groups is 1. The number of hydrogen-bond donors (Lipinski definition) is 1. The molecular weight excluding hydrogens is 377 g/mol. The van der Waals surface area contributed by atoms with Gasteiger partial charge in [-0.3, -0.25) is 4.79 Å². The van der Waals surface area contributed by atoms with Crippen LogP contribution in [0.25, 0.3) is 11.0 Å². The molecule has 0 saturated carbocycles. The lowest BCUT2D eigenvalue weighted by Gasteiger charge is -2.05. The Balaban J connectivity index is 2.24. The monoisotopic (exact) mass is 387 g/mol. The maximum Gasteiger partial charge on any atom is 0.197 e. The lowest BCUT2D eigenvalue weighted by Crippen LogP contribution is -2.04. The number of nitrogens with zero attached hydrogens (tertiary/aromatic N) is 1. The SMILES string of the molecule is CCc1oc2ccc(F)cc2c1C(=O)c1cc(Br)c(O)c(C#N)c1. The molecule has 0 bridgehead atoms. The highest BCUT2D eigenvalue weighted by atomic mass is 79.9. The van der Waals surface area contributed by atoms with Gasteiger partial charge in [0.2, 0.25) is 0 Å². The molecule has 1 N–H and O–H groups in total. The molecule has 0 atom stereocenters. The molecule has 0 aliphatic heterocycles. The predicted octanol–water partition coefficient (Wildman–Crippen LogP) is 4.71. The molecule has 3 rings (SSSR count). The van der Waals surface area contributed by atoms with Crippen LogP contribution in [0, 0.1) is 17.1 Å². The summed E-state index contributed by atoms with van der Waals surface area (Å²) in [6.07, 6.45) is 0.460. The molecule has 120 valence electrons. The van der Waals surface area contributed by atoms with Crippen molar-refractivity contribution in [2.24, 2.45) is 0 Å². The van der Waals surface area contributed by atoms with E-state index < -0.39 is 11.6 Å². The third-order valence-corrected chi connectivity index (χ3v) is 4.32. The Labute approximate surface area is 145 Å². The Morgan fingerprint density at radius 3 is 2.79 bits per heavy atom. The summed E-state index contributed by atoms with van der Waals surface area (Å²) < 4.78 is 19.5. The van der Waals surface area contributed by atoms with E-state index in [9.17, 15) is 14.3 Å². The molecule has 0 radical (unpaired) electrons. The number of carbonyl (C=O) groups excluding carboxylic acids is 1. The van der Waals surface area contributed by atoms with Crippen LogP contribution in [0.2, 0.25) is 0 Å². The highest BCUT2D eigenvalue weighted by Crippen LogP contribution is 2.33. The van der Waals surface area contributed by atoms with Gasteiger partial charge in [-0.1, -0.05) is 6.92 Å². The first-order valence-electron chi connectivity index (χ1n) is 7.14. The minimum absolute atomic E-state index is 0.0234. The summed E-state index contributed by atoms with van der Waals surface area (Å²) in [6.45, 7) is 1.83.